The van der Waals surface area contributed by atoms with Crippen molar-refractivity contribution in [3.05, 3.63) is 41.0 Å². The predicted octanol–water partition coefficient (Wildman–Crippen LogP) is 3.68. The molecule has 2 N–H and O–H groups in total. The Balaban J connectivity index is 2.59. The summed E-state index contributed by atoms with van der Waals surface area (Å²) in [5, 5.41) is 15.0. The minimum atomic E-state index is -0.589. The van der Waals surface area contributed by atoms with Gasteiger partial charge in [-0.3, -0.25) is 4.79 Å². The molecule has 0 radical (unpaired) electrons. The number of ketones is 1. The van der Waals surface area contributed by atoms with Crippen molar-refractivity contribution in [3.8, 4) is 0 Å². The Morgan fingerprint density at radius 3 is 2.09 bits per heavy atom. The highest BCUT2D eigenvalue weighted by molar-refractivity contribution is 6.37. The fourth-order valence-electron chi connectivity index (χ4n) is 2.21. The molecule has 4 nitrogen and oxygen atoms in total. The van der Waals surface area contributed by atoms with E-state index in [1.807, 2.05) is 59.7 Å². The van der Waals surface area contributed by atoms with Crippen LogP contribution in [0.4, 0.5) is 0 Å². The molecule has 0 spiro atoms. The first-order chi connectivity index (χ1) is 10.0. The van der Waals surface area contributed by atoms with Gasteiger partial charge >= 0.3 is 0 Å². The molecule has 1 aliphatic carbocycles. The van der Waals surface area contributed by atoms with Crippen LogP contribution in [0.25, 0.3) is 5.76 Å². The Kier molecular flexibility index (Phi) is 3.90. The maximum absolute atomic E-state index is 12.8. The van der Waals surface area contributed by atoms with Crippen LogP contribution in [0.5, 0.6) is 0 Å². The van der Waals surface area contributed by atoms with Crippen molar-refractivity contribution in [3.63, 3.8) is 0 Å². The second-order valence-corrected chi connectivity index (χ2v) is 7.67. The highest BCUT2D eigenvalue weighted by atomic mass is 16.3. The second kappa shape index (κ2) is 5.27. The Bertz CT molecular complexity index is 671. The number of aliphatic hydroxyl groups excluding tert-OH is 1. The normalized spacial score (nSPS) is 16.9. The van der Waals surface area contributed by atoms with Gasteiger partial charge in [0.1, 0.15) is 11.5 Å². The van der Waals surface area contributed by atoms with E-state index in [0.717, 1.165) is 5.56 Å². The van der Waals surface area contributed by atoms with Crippen LogP contribution in [-0.2, 0) is 4.79 Å². The van der Waals surface area contributed by atoms with Crippen molar-refractivity contribution < 1.29 is 9.90 Å². The number of hydrogen-bond acceptors (Lipinski definition) is 4. The molecule has 0 bridgehead atoms. The van der Waals surface area contributed by atoms with Gasteiger partial charge in [0.25, 0.3) is 0 Å². The molecule has 0 aliphatic heterocycles. The number of hydrazone groups is 1. The smallest absolute Gasteiger partial charge is 0.174 e. The lowest BCUT2D eigenvalue weighted by atomic mass is 9.85. The average molecular weight is 300 g/mol. The van der Waals surface area contributed by atoms with E-state index < -0.39 is 5.41 Å². The van der Waals surface area contributed by atoms with E-state index in [1.165, 1.54) is 0 Å². The van der Waals surface area contributed by atoms with Gasteiger partial charge in [0, 0.05) is 22.1 Å². The van der Waals surface area contributed by atoms with E-state index in [0.29, 0.717) is 16.8 Å². The van der Waals surface area contributed by atoms with Crippen LogP contribution in [0.2, 0.25) is 0 Å². The summed E-state index contributed by atoms with van der Waals surface area (Å²) in [4.78, 5) is 12.8. The SMILES string of the molecule is CC(C)(C)N/N=C1\C(C(=O)C(C)(C)C)=C(O)c2ccccc21. The third-order valence-corrected chi connectivity index (χ3v) is 3.32. The number of rotatable bonds is 2. The summed E-state index contributed by atoms with van der Waals surface area (Å²) in [5.41, 5.74) is 4.49. The van der Waals surface area contributed by atoms with Gasteiger partial charge in [-0.2, -0.15) is 5.10 Å². The van der Waals surface area contributed by atoms with Crippen molar-refractivity contribution in [2.24, 2.45) is 10.5 Å². The van der Waals surface area contributed by atoms with Crippen LogP contribution in [0, 0.1) is 5.41 Å². The first-order valence-electron chi connectivity index (χ1n) is 7.45. The molecule has 4 heteroatoms. The maximum Gasteiger partial charge on any atom is 0.174 e. The number of nitrogens with zero attached hydrogens (tertiary/aromatic N) is 1. The number of carbonyl (C=O) groups is 1. The van der Waals surface area contributed by atoms with Gasteiger partial charge in [0.05, 0.1) is 5.57 Å². The number of fused-ring (bicyclic) bond motifs is 1. The Hall–Kier alpha value is -2.10. The summed E-state index contributed by atoms with van der Waals surface area (Å²) in [5.74, 6) is -0.0966. The molecule has 0 atom stereocenters. The first-order valence-corrected chi connectivity index (χ1v) is 7.45. The van der Waals surface area contributed by atoms with Crippen LogP contribution >= 0.6 is 0 Å². The monoisotopic (exact) mass is 300 g/mol. The third kappa shape index (κ3) is 3.06. The molecule has 0 unspecified atom stereocenters. The van der Waals surface area contributed by atoms with E-state index in [9.17, 15) is 9.90 Å². The Morgan fingerprint density at radius 1 is 1.05 bits per heavy atom. The molecule has 0 amide bonds. The summed E-state index contributed by atoms with van der Waals surface area (Å²) in [7, 11) is 0. The van der Waals surface area contributed by atoms with Gasteiger partial charge < -0.3 is 10.5 Å². The van der Waals surface area contributed by atoms with Crippen molar-refractivity contribution in [2.75, 3.05) is 0 Å². The molecule has 0 saturated heterocycles. The van der Waals surface area contributed by atoms with Crippen LogP contribution in [0.1, 0.15) is 52.7 Å². The van der Waals surface area contributed by atoms with Crippen LogP contribution in [0.15, 0.2) is 34.9 Å². The topological polar surface area (TPSA) is 61.7 Å². The summed E-state index contributed by atoms with van der Waals surface area (Å²) in [6.45, 7) is 11.5. The fraction of sp³-hybridized carbons (Fsp3) is 0.444. The van der Waals surface area contributed by atoms with E-state index in [2.05, 4.69) is 10.5 Å². The molecule has 0 fully saturated rings. The lowest BCUT2D eigenvalue weighted by Crippen LogP contribution is -2.33. The van der Waals surface area contributed by atoms with E-state index in [4.69, 9.17) is 0 Å². The number of benzene rings is 1. The van der Waals surface area contributed by atoms with Gasteiger partial charge in [0.2, 0.25) is 0 Å². The lowest BCUT2D eigenvalue weighted by Gasteiger charge is -2.21. The summed E-state index contributed by atoms with van der Waals surface area (Å²) < 4.78 is 0. The van der Waals surface area contributed by atoms with Crippen molar-refractivity contribution in [1.82, 2.24) is 5.43 Å². The lowest BCUT2D eigenvalue weighted by molar-refractivity contribution is -0.121. The largest absolute Gasteiger partial charge is 0.506 e. The number of nitrogens with one attached hydrogen (secondary N) is 1. The van der Waals surface area contributed by atoms with Gasteiger partial charge in [-0.1, -0.05) is 45.0 Å². The Morgan fingerprint density at radius 2 is 1.59 bits per heavy atom. The molecule has 1 aromatic carbocycles. The standard InChI is InChI=1S/C18H24N2O2/c1-17(2,3)16(22)13-14(19-20-18(4,5)6)11-9-7-8-10-12(11)15(13)21/h7-10,20-21H,1-6H3/b19-14-. The quantitative estimate of drug-likeness (QED) is 0.819. The highest BCUT2D eigenvalue weighted by Gasteiger charge is 2.37. The average Bonchev–Trinajstić information content (AvgIpc) is 2.67. The van der Waals surface area contributed by atoms with E-state index in [-0.39, 0.29) is 17.1 Å². The molecular formula is C18H24N2O2. The zero-order chi connectivity index (χ0) is 16.7. The molecule has 0 aromatic heterocycles. The van der Waals surface area contributed by atoms with E-state index >= 15 is 0 Å². The van der Waals surface area contributed by atoms with Crippen molar-refractivity contribution in [1.29, 1.82) is 0 Å². The van der Waals surface area contributed by atoms with Crippen molar-refractivity contribution in [2.45, 2.75) is 47.1 Å². The second-order valence-electron chi connectivity index (χ2n) is 7.67. The first kappa shape index (κ1) is 16.3. The van der Waals surface area contributed by atoms with Crippen LogP contribution < -0.4 is 5.43 Å². The molecular weight excluding hydrogens is 276 g/mol. The van der Waals surface area contributed by atoms with Gasteiger partial charge in [-0.25, -0.2) is 0 Å². The van der Waals surface area contributed by atoms with Crippen LogP contribution in [0.3, 0.4) is 0 Å². The molecule has 22 heavy (non-hydrogen) atoms. The molecule has 0 heterocycles. The Labute approximate surface area is 131 Å². The van der Waals surface area contributed by atoms with Gasteiger partial charge in [-0.15, -0.1) is 0 Å². The van der Waals surface area contributed by atoms with Crippen LogP contribution in [-0.4, -0.2) is 22.1 Å². The number of carbonyl (C=O) groups excluding carboxylic acids is 1. The molecule has 1 aliphatic rings. The summed E-state index contributed by atoms with van der Waals surface area (Å²) >= 11 is 0. The minimum Gasteiger partial charge on any atom is -0.506 e. The number of hydrogen-bond donors (Lipinski definition) is 2. The number of allylic oxidation sites excluding steroid dienone is 1. The molecule has 1 aromatic rings. The molecule has 2 rings (SSSR count). The minimum absolute atomic E-state index is 0.0185. The summed E-state index contributed by atoms with van der Waals surface area (Å²) in [6.07, 6.45) is 0. The fourth-order valence-corrected chi connectivity index (χ4v) is 2.21. The summed E-state index contributed by atoms with van der Waals surface area (Å²) in [6, 6.07) is 7.40. The van der Waals surface area contributed by atoms with E-state index in [1.54, 1.807) is 6.07 Å². The van der Waals surface area contributed by atoms with Gasteiger partial charge in [0.15, 0.2) is 5.78 Å². The highest BCUT2D eigenvalue weighted by Crippen LogP contribution is 2.35. The zero-order valence-corrected chi connectivity index (χ0v) is 14.1. The number of Topliss-reactive ketones (excluding diaryl/α,β-unsaturated/α-hetero) is 1. The third-order valence-electron chi connectivity index (χ3n) is 3.32. The molecule has 0 saturated carbocycles. The van der Waals surface area contributed by atoms with Crippen molar-refractivity contribution >= 4 is 17.3 Å². The zero-order valence-electron chi connectivity index (χ0n) is 14.1. The predicted molar refractivity (Wildman–Crippen MR) is 89.9 cm³/mol. The maximum atomic E-state index is 12.8. The number of aliphatic hydroxyl groups is 1. The van der Waals surface area contributed by atoms with Gasteiger partial charge in [-0.05, 0) is 20.8 Å². The molecule has 118 valence electrons.